The van der Waals surface area contributed by atoms with Crippen LogP contribution in [0.3, 0.4) is 0 Å². The van der Waals surface area contributed by atoms with Crippen molar-refractivity contribution in [2.24, 2.45) is 0 Å². The van der Waals surface area contributed by atoms with E-state index in [1.54, 1.807) is 17.9 Å². The van der Waals surface area contributed by atoms with Crippen LogP contribution in [0.2, 0.25) is 0 Å². The first-order chi connectivity index (χ1) is 6.65. The number of aromatic nitrogens is 1. The van der Waals surface area contributed by atoms with Crippen LogP contribution in [0.4, 0.5) is 0 Å². The van der Waals surface area contributed by atoms with Gasteiger partial charge in [0, 0.05) is 12.6 Å². The van der Waals surface area contributed by atoms with Crippen molar-refractivity contribution >= 4 is 5.91 Å². The molecule has 1 N–H and O–H groups in total. The molecule has 1 amide bonds. The summed E-state index contributed by atoms with van der Waals surface area (Å²) >= 11 is 0. The Kier molecular flexibility index (Phi) is 2.25. The molecular formula is C9H12N2O3. The highest BCUT2D eigenvalue weighted by atomic mass is 16.5. The number of likely N-dealkylation sites (tertiary alicyclic amines) is 1. The Bertz CT molecular complexity index is 348. The van der Waals surface area contributed by atoms with Crippen LogP contribution < -0.4 is 0 Å². The van der Waals surface area contributed by atoms with Gasteiger partial charge in [-0.15, -0.1) is 0 Å². The predicted octanol–water partition coefficient (Wildman–Crippen LogP) is 0.0762. The summed E-state index contributed by atoms with van der Waals surface area (Å²) in [4.78, 5) is 12.9. The minimum Gasteiger partial charge on any atom is -0.391 e. The second-order valence-corrected chi connectivity index (χ2v) is 3.56. The fraction of sp³-hybridized carbons (Fsp3) is 0.556. The molecule has 5 nitrogen and oxygen atoms in total. The predicted molar refractivity (Wildman–Crippen MR) is 47.3 cm³/mol. The highest BCUT2D eigenvalue weighted by Gasteiger charge is 2.28. The number of aliphatic hydroxyl groups excluding tert-OH is 1. The second-order valence-electron chi connectivity index (χ2n) is 3.56. The zero-order valence-corrected chi connectivity index (χ0v) is 7.93. The number of aryl methyl sites for hydroxylation is 1. The minimum atomic E-state index is -0.532. The second kappa shape index (κ2) is 3.42. The van der Waals surface area contributed by atoms with Crippen molar-refractivity contribution in [1.29, 1.82) is 0 Å². The van der Waals surface area contributed by atoms with Crippen molar-refractivity contribution in [2.75, 3.05) is 6.54 Å². The summed E-state index contributed by atoms with van der Waals surface area (Å²) in [5.74, 6) is 0.699. The lowest BCUT2D eigenvalue weighted by molar-refractivity contribution is -0.128. The van der Waals surface area contributed by atoms with E-state index in [2.05, 4.69) is 5.16 Å². The van der Waals surface area contributed by atoms with Crippen LogP contribution in [-0.2, 0) is 11.3 Å². The third kappa shape index (κ3) is 1.77. The first-order valence-electron chi connectivity index (χ1n) is 4.53. The van der Waals surface area contributed by atoms with Gasteiger partial charge >= 0.3 is 0 Å². The number of hydrogen-bond acceptors (Lipinski definition) is 4. The Labute approximate surface area is 81.3 Å². The summed E-state index contributed by atoms with van der Waals surface area (Å²) in [7, 11) is 0. The molecule has 5 heteroatoms. The summed E-state index contributed by atoms with van der Waals surface area (Å²) in [5.41, 5.74) is 0.727. The van der Waals surface area contributed by atoms with Gasteiger partial charge in [-0.2, -0.15) is 0 Å². The van der Waals surface area contributed by atoms with Gasteiger partial charge in [0.1, 0.15) is 11.5 Å². The first-order valence-corrected chi connectivity index (χ1v) is 4.53. The monoisotopic (exact) mass is 196 g/mol. The van der Waals surface area contributed by atoms with Crippen molar-refractivity contribution in [3.8, 4) is 0 Å². The molecule has 0 radical (unpaired) electrons. The average Bonchev–Trinajstić information content (AvgIpc) is 2.61. The molecule has 1 saturated heterocycles. The Hall–Kier alpha value is -1.36. The molecule has 2 rings (SSSR count). The molecule has 0 bridgehead atoms. The van der Waals surface area contributed by atoms with Crippen LogP contribution >= 0.6 is 0 Å². The molecule has 1 fully saturated rings. The normalized spacial score (nSPS) is 22.0. The summed E-state index contributed by atoms with van der Waals surface area (Å²) in [6.07, 6.45) is -0.313. The Balaban J connectivity index is 2.01. The molecule has 76 valence electrons. The molecule has 1 unspecified atom stereocenters. The molecule has 1 atom stereocenters. The van der Waals surface area contributed by atoms with Crippen LogP contribution in [0.15, 0.2) is 10.6 Å². The lowest BCUT2D eigenvalue weighted by Crippen LogP contribution is -2.25. The van der Waals surface area contributed by atoms with Gasteiger partial charge in [0.2, 0.25) is 5.91 Å². The van der Waals surface area contributed by atoms with E-state index >= 15 is 0 Å². The molecule has 1 aromatic heterocycles. The molecule has 1 aliphatic heterocycles. The van der Waals surface area contributed by atoms with Gasteiger partial charge in [-0.1, -0.05) is 5.16 Å². The summed E-state index contributed by atoms with van der Waals surface area (Å²) in [6, 6.07) is 1.79. The Morgan fingerprint density at radius 2 is 2.57 bits per heavy atom. The summed E-state index contributed by atoms with van der Waals surface area (Å²) in [6.45, 7) is 2.62. The Morgan fingerprint density at radius 3 is 3.07 bits per heavy atom. The minimum absolute atomic E-state index is 0.0295. The highest BCUT2D eigenvalue weighted by molar-refractivity contribution is 5.78. The third-order valence-corrected chi connectivity index (χ3v) is 2.22. The summed E-state index contributed by atoms with van der Waals surface area (Å²) < 4.78 is 4.89. The quantitative estimate of drug-likeness (QED) is 0.727. The van der Waals surface area contributed by atoms with Gasteiger partial charge in [0.25, 0.3) is 0 Å². The number of carbonyl (C=O) groups excluding carboxylic acids is 1. The maximum absolute atomic E-state index is 11.3. The fourth-order valence-corrected chi connectivity index (χ4v) is 1.59. The van der Waals surface area contributed by atoms with Crippen LogP contribution in [0, 0.1) is 6.92 Å². The van der Waals surface area contributed by atoms with Crippen LogP contribution in [-0.4, -0.2) is 33.7 Å². The zero-order valence-electron chi connectivity index (χ0n) is 7.93. The first kappa shape index (κ1) is 9.21. The van der Waals surface area contributed by atoms with Crippen LogP contribution in [0.1, 0.15) is 17.9 Å². The van der Waals surface area contributed by atoms with E-state index in [9.17, 15) is 9.90 Å². The smallest absolute Gasteiger partial charge is 0.225 e. The van der Waals surface area contributed by atoms with E-state index < -0.39 is 6.10 Å². The molecule has 2 heterocycles. The van der Waals surface area contributed by atoms with Gasteiger partial charge in [-0.3, -0.25) is 4.79 Å². The molecule has 0 aliphatic carbocycles. The number of amides is 1. The number of nitrogens with zero attached hydrogens (tertiary/aromatic N) is 2. The standard InChI is InChI=1S/C9H12N2O3/c1-6-2-7(10-14-6)4-11-5-8(12)3-9(11)13/h2,8,12H,3-5H2,1H3. The van der Waals surface area contributed by atoms with E-state index in [1.807, 2.05) is 0 Å². The van der Waals surface area contributed by atoms with E-state index in [4.69, 9.17) is 4.52 Å². The van der Waals surface area contributed by atoms with Gasteiger partial charge in [0.05, 0.1) is 19.1 Å². The molecule has 0 aromatic carbocycles. The van der Waals surface area contributed by atoms with E-state index in [0.29, 0.717) is 13.1 Å². The van der Waals surface area contributed by atoms with Crippen molar-refractivity contribution in [2.45, 2.75) is 26.0 Å². The Morgan fingerprint density at radius 1 is 1.79 bits per heavy atom. The number of aliphatic hydroxyl groups is 1. The van der Waals surface area contributed by atoms with Crippen molar-refractivity contribution in [3.63, 3.8) is 0 Å². The summed E-state index contributed by atoms with van der Waals surface area (Å²) in [5, 5.41) is 13.0. The maximum atomic E-state index is 11.3. The number of hydrogen-bond donors (Lipinski definition) is 1. The van der Waals surface area contributed by atoms with Crippen LogP contribution in [0.5, 0.6) is 0 Å². The van der Waals surface area contributed by atoms with Gasteiger partial charge in [-0.25, -0.2) is 0 Å². The van der Waals surface area contributed by atoms with E-state index in [0.717, 1.165) is 11.5 Å². The lowest BCUT2D eigenvalue weighted by atomic mass is 10.3. The van der Waals surface area contributed by atoms with Crippen molar-refractivity contribution in [1.82, 2.24) is 10.1 Å². The van der Waals surface area contributed by atoms with Crippen molar-refractivity contribution in [3.05, 3.63) is 17.5 Å². The van der Waals surface area contributed by atoms with Gasteiger partial charge in [0.15, 0.2) is 0 Å². The van der Waals surface area contributed by atoms with Gasteiger partial charge in [-0.05, 0) is 6.92 Å². The van der Waals surface area contributed by atoms with Crippen molar-refractivity contribution < 1.29 is 14.4 Å². The largest absolute Gasteiger partial charge is 0.391 e. The third-order valence-electron chi connectivity index (χ3n) is 2.22. The maximum Gasteiger partial charge on any atom is 0.225 e. The fourth-order valence-electron chi connectivity index (χ4n) is 1.59. The van der Waals surface area contributed by atoms with E-state index in [1.165, 1.54) is 0 Å². The SMILES string of the molecule is Cc1cc(CN2CC(O)CC2=O)no1. The molecule has 14 heavy (non-hydrogen) atoms. The number of β-amino-alcohol motifs (C(OH)–C–C–N with tert-alkyl or cyclic N) is 1. The molecule has 1 aliphatic rings. The topological polar surface area (TPSA) is 66.6 Å². The van der Waals surface area contributed by atoms with Crippen LogP contribution in [0.25, 0.3) is 0 Å². The molecular weight excluding hydrogens is 184 g/mol. The van der Waals surface area contributed by atoms with Gasteiger partial charge < -0.3 is 14.5 Å². The molecule has 1 aromatic rings. The highest BCUT2D eigenvalue weighted by Crippen LogP contribution is 2.14. The number of carbonyl (C=O) groups is 1. The number of rotatable bonds is 2. The zero-order chi connectivity index (χ0) is 10.1. The lowest BCUT2D eigenvalue weighted by Gasteiger charge is -2.12. The molecule has 0 saturated carbocycles. The van der Waals surface area contributed by atoms with E-state index in [-0.39, 0.29) is 12.3 Å². The average molecular weight is 196 g/mol. The molecule has 0 spiro atoms.